The van der Waals surface area contributed by atoms with Crippen molar-refractivity contribution < 1.29 is 28.6 Å². The van der Waals surface area contributed by atoms with Gasteiger partial charge in [-0.15, -0.1) is 0 Å². The summed E-state index contributed by atoms with van der Waals surface area (Å²) in [6, 6.07) is 0. The minimum atomic E-state index is -0.788. The van der Waals surface area contributed by atoms with Crippen molar-refractivity contribution in [1.29, 1.82) is 0 Å². The molecule has 0 saturated carbocycles. The quantitative estimate of drug-likeness (QED) is 0.0584. The van der Waals surface area contributed by atoms with Crippen molar-refractivity contribution in [2.45, 2.75) is 139 Å². The SMILES string of the molecule is C/C=C\C.C/C=C\CC.CC.CCCCC/C=C\C/C=C\C/C=C\C/C=C\CCCC(=O)OCC(COC(C)=O)OC(C)=O. The molecule has 0 aliphatic rings. The van der Waals surface area contributed by atoms with Crippen LogP contribution >= 0.6 is 0 Å². The molecule has 1 unspecified atom stereocenters. The fourth-order valence-corrected chi connectivity index (χ4v) is 2.98. The minimum absolute atomic E-state index is 0.129. The van der Waals surface area contributed by atoms with Crippen LogP contribution < -0.4 is 0 Å². The van der Waals surface area contributed by atoms with Gasteiger partial charge in [-0.25, -0.2) is 0 Å². The first-order valence-corrected chi connectivity index (χ1v) is 16.5. The molecule has 0 heterocycles. The second-order valence-electron chi connectivity index (χ2n) is 9.34. The van der Waals surface area contributed by atoms with Crippen LogP contribution in [0.1, 0.15) is 133 Å². The molecule has 0 aromatic rings. The van der Waals surface area contributed by atoms with Gasteiger partial charge in [-0.1, -0.05) is 113 Å². The molecule has 6 nitrogen and oxygen atoms in total. The molecule has 0 spiro atoms. The first-order valence-electron chi connectivity index (χ1n) is 16.5. The van der Waals surface area contributed by atoms with Crippen molar-refractivity contribution in [2.75, 3.05) is 13.2 Å². The lowest BCUT2D eigenvalue weighted by Gasteiger charge is -2.16. The minimum Gasteiger partial charge on any atom is -0.462 e. The third-order valence-corrected chi connectivity index (χ3v) is 5.25. The maximum absolute atomic E-state index is 11.8. The molecule has 0 fully saturated rings. The molecular weight excluding hydrogens is 552 g/mol. The summed E-state index contributed by atoms with van der Waals surface area (Å²) < 4.78 is 14.9. The summed E-state index contributed by atoms with van der Waals surface area (Å²) in [7, 11) is 0. The van der Waals surface area contributed by atoms with E-state index in [2.05, 4.69) is 74.6 Å². The molecule has 254 valence electrons. The van der Waals surface area contributed by atoms with Gasteiger partial charge in [0.2, 0.25) is 0 Å². The topological polar surface area (TPSA) is 78.9 Å². The Kier molecular flexibility index (Phi) is 48.1. The zero-order valence-electron chi connectivity index (χ0n) is 29.6. The lowest BCUT2D eigenvalue weighted by atomic mass is 10.2. The highest BCUT2D eigenvalue weighted by molar-refractivity contribution is 5.69. The van der Waals surface area contributed by atoms with Crippen molar-refractivity contribution in [3.05, 3.63) is 72.9 Å². The Morgan fingerprint density at radius 1 is 0.591 bits per heavy atom. The van der Waals surface area contributed by atoms with Crippen molar-refractivity contribution in [1.82, 2.24) is 0 Å². The van der Waals surface area contributed by atoms with Crippen LogP contribution in [-0.2, 0) is 28.6 Å². The summed E-state index contributed by atoms with van der Waals surface area (Å²) in [6.45, 7) is 16.6. The van der Waals surface area contributed by atoms with E-state index in [0.29, 0.717) is 6.42 Å². The maximum atomic E-state index is 11.8. The van der Waals surface area contributed by atoms with E-state index in [4.69, 9.17) is 14.2 Å². The number of ether oxygens (including phenoxy) is 3. The Hall–Kier alpha value is -3.15. The van der Waals surface area contributed by atoms with Crippen LogP contribution in [-0.4, -0.2) is 37.2 Å². The predicted molar refractivity (Wildman–Crippen MR) is 188 cm³/mol. The van der Waals surface area contributed by atoms with Gasteiger partial charge in [0.15, 0.2) is 6.10 Å². The predicted octanol–water partition coefficient (Wildman–Crippen LogP) is 10.8. The van der Waals surface area contributed by atoms with E-state index in [9.17, 15) is 14.4 Å². The average molecular weight is 619 g/mol. The monoisotopic (exact) mass is 618 g/mol. The Labute approximate surface area is 271 Å². The van der Waals surface area contributed by atoms with Crippen molar-refractivity contribution in [2.24, 2.45) is 0 Å². The molecule has 0 N–H and O–H groups in total. The largest absolute Gasteiger partial charge is 0.462 e. The highest BCUT2D eigenvalue weighted by atomic mass is 16.6. The third-order valence-electron chi connectivity index (χ3n) is 5.25. The summed E-state index contributed by atoms with van der Waals surface area (Å²) in [5.74, 6) is -1.38. The van der Waals surface area contributed by atoms with E-state index >= 15 is 0 Å². The summed E-state index contributed by atoms with van der Waals surface area (Å²) in [4.78, 5) is 33.8. The second kappa shape index (κ2) is 44.3. The van der Waals surface area contributed by atoms with E-state index < -0.39 is 18.0 Å². The molecule has 0 rings (SSSR count). The van der Waals surface area contributed by atoms with Crippen LogP contribution in [0.25, 0.3) is 0 Å². The third kappa shape index (κ3) is 51.6. The molecular formula is C38H66O6. The summed E-state index contributed by atoms with van der Waals surface area (Å²) in [6.07, 6.45) is 35.5. The number of esters is 3. The van der Waals surface area contributed by atoms with Gasteiger partial charge in [0.25, 0.3) is 0 Å². The van der Waals surface area contributed by atoms with Crippen molar-refractivity contribution in [3.8, 4) is 0 Å². The van der Waals surface area contributed by atoms with Gasteiger partial charge in [-0.3, -0.25) is 14.4 Å². The van der Waals surface area contributed by atoms with Gasteiger partial charge in [0.05, 0.1) is 0 Å². The first-order chi connectivity index (χ1) is 21.3. The van der Waals surface area contributed by atoms with Gasteiger partial charge < -0.3 is 14.2 Å². The molecule has 1 atom stereocenters. The van der Waals surface area contributed by atoms with E-state index in [1.54, 1.807) is 0 Å². The van der Waals surface area contributed by atoms with E-state index in [1.165, 1.54) is 39.5 Å². The lowest BCUT2D eigenvalue weighted by Crippen LogP contribution is -2.29. The molecule has 0 aliphatic heterocycles. The van der Waals surface area contributed by atoms with Crippen LogP contribution in [0.4, 0.5) is 0 Å². The average Bonchev–Trinajstić information content (AvgIpc) is 3.01. The molecule has 0 saturated heterocycles. The molecule has 0 aromatic carbocycles. The Morgan fingerprint density at radius 2 is 1.07 bits per heavy atom. The number of rotatable bonds is 20. The van der Waals surface area contributed by atoms with Gasteiger partial charge in [0, 0.05) is 20.3 Å². The van der Waals surface area contributed by atoms with Crippen LogP contribution in [0.15, 0.2) is 72.9 Å². The fraction of sp³-hybridized carbons (Fsp3) is 0.605. The molecule has 0 bridgehead atoms. The van der Waals surface area contributed by atoms with Gasteiger partial charge >= 0.3 is 17.9 Å². The normalized spacial score (nSPS) is 11.7. The van der Waals surface area contributed by atoms with Crippen molar-refractivity contribution in [3.63, 3.8) is 0 Å². The first kappa shape index (κ1) is 47.8. The van der Waals surface area contributed by atoms with E-state index in [0.717, 1.165) is 32.1 Å². The number of unbranched alkanes of at least 4 members (excludes halogenated alkanes) is 4. The van der Waals surface area contributed by atoms with Crippen LogP contribution in [0, 0.1) is 0 Å². The fourth-order valence-electron chi connectivity index (χ4n) is 2.98. The molecule has 0 aromatic heterocycles. The Morgan fingerprint density at radius 3 is 1.45 bits per heavy atom. The van der Waals surface area contributed by atoms with Crippen LogP contribution in [0.2, 0.25) is 0 Å². The van der Waals surface area contributed by atoms with E-state index in [1.807, 2.05) is 46.8 Å². The van der Waals surface area contributed by atoms with E-state index in [-0.39, 0.29) is 25.6 Å². The number of hydrogen-bond acceptors (Lipinski definition) is 6. The number of carbonyl (C=O) groups excluding carboxylic acids is 3. The highest BCUT2D eigenvalue weighted by Crippen LogP contribution is 2.04. The molecule has 0 aliphatic carbocycles. The van der Waals surface area contributed by atoms with Crippen molar-refractivity contribution >= 4 is 17.9 Å². The highest BCUT2D eigenvalue weighted by Gasteiger charge is 2.16. The number of allylic oxidation sites excluding steroid dienone is 12. The zero-order valence-corrected chi connectivity index (χ0v) is 29.6. The molecule has 44 heavy (non-hydrogen) atoms. The summed E-state index contributed by atoms with van der Waals surface area (Å²) >= 11 is 0. The number of carbonyl (C=O) groups is 3. The van der Waals surface area contributed by atoms with Gasteiger partial charge in [-0.2, -0.15) is 0 Å². The molecule has 0 radical (unpaired) electrons. The summed E-state index contributed by atoms with van der Waals surface area (Å²) in [5.41, 5.74) is 0. The molecule has 6 heteroatoms. The standard InChI is InChI=1S/C27H42O6.C5H10.C4H8.C2H6/c1-4-5-6-7-8-9-10-11-12-13-14-15-16-17-18-19-20-21-27(30)32-23-26(33-25(3)29)22-31-24(2)28;1-3-5-4-2;1-3-4-2;1-2/h8-9,11-12,14-15,17-18,26H,4-7,10,13,16,19-23H2,1-3H3;3,5H,4H2,1-2H3;3-4H,1-2H3;1-2H3/b9-8-,12-11-,15-14-,18-17-;5-3-;4-3-;. The zero-order chi connectivity index (χ0) is 34.1. The van der Waals surface area contributed by atoms with Crippen LogP contribution in [0.3, 0.4) is 0 Å². The second-order valence-corrected chi connectivity index (χ2v) is 9.34. The smallest absolute Gasteiger partial charge is 0.305 e. The summed E-state index contributed by atoms with van der Waals surface area (Å²) in [5, 5.41) is 0. The Balaban J connectivity index is -0.000000622. The van der Waals surface area contributed by atoms with Gasteiger partial charge in [-0.05, 0) is 72.1 Å². The lowest BCUT2D eigenvalue weighted by molar-refractivity contribution is -0.164. The number of hydrogen-bond donors (Lipinski definition) is 0. The van der Waals surface area contributed by atoms with Gasteiger partial charge in [0.1, 0.15) is 13.2 Å². The molecule has 0 amide bonds. The maximum Gasteiger partial charge on any atom is 0.305 e. The van der Waals surface area contributed by atoms with Crippen LogP contribution in [0.5, 0.6) is 0 Å². The Bertz CT molecular complexity index is 798.